The second-order valence-electron chi connectivity index (χ2n) is 9.18. The Morgan fingerprint density at radius 1 is 0.629 bits per heavy atom. The van der Waals surface area contributed by atoms with Crippen LogP contribution in [0.4, 0.5) is 0 Å². The molecule has 0 aliphatic rings. The van der Waals surface area contributed by atoms with Crippen LogP contribution in [0.15, 0.2) is 128 Å². The smallest absolute Gasteiger partial charge is 0.0541 e. The number of rotatable bonds is 5. The molecule has 0 saturated carbocycles. The lowest BCUT2D eigenvalue weighted by molar-refractivity contribution is 1.16. The highest BCUT2D eigenvalue weighted by Gasteiger charge is 2.13. The predicted molar refractivity (Wildman–Crippen MR) is 150 cm³/mol. The molecule has 1 nitrogen and oxygen atoms in total. The summed E-state index contributed by atoms with van der Waals surface area (Å²) >= 11 is 0. The first-order valence-electron chi connectivity index (χ1n) is 12.1. The number of nitrogens with zero attached hydrogens (tertiary/aromatic N) is 1. The van der Waals surface area contributed by atoms with Gasteiger partial charge in [0.2, 0.25) is 0 Å². The normalized spacial score (nSPS) is 11.2. The minimum Gasteiger partial charge on any atom is -0.309 e. The molecule has 35 heavy (non-hydrogen) atoms. The summed E-state index contributed by atoms with van der Waals surface area (Å²) in [6, 6.07) is 43.4. The molecule has 0 atom stereocenters. The number of benzene rings is 5. The van der Waals surface area contributed by atoms with Crippen LogP contribution in [0.2, 0.25) is 0 Å². The molecule has 0 aliphatic carbocycles. The highest BCUT2D eigenvalue weighted by Crippen LogP contribution is 2.34. The summed E-state index contributed by atoms with van der Waals surface area (Å²) in [5.74, 6) is 0. The van der Waals surface area contributed by atoms with Gasteiger partial charge in [0.1, 0.15) is 0 Å². The first kappa shape index (κ1) is 21.2. The number of aromatic nitrogens is 1. The summed E-state index contributed by atoms with van der Waals surface area (Å²) in [5.41, 5.74) is 11.0. The minimum atomic E-state index is 0.799. The Hall–Kier alpha value is -4.36. The summed E-state index contributed by atoms with van der Waals surface area (Å²) < 4.78 is 2.37. The first-order chi connectivity index (χ1) is 17.2. The maximum atomic E-state index is 4.52. The van der Waals surface area contributed by atoms with E-state index in [9.17, 15) is 0 Å². The fourth-order valence-electron chi connectivity index (χ4n) is 5.25. The van der Waals surface area contributed by atoms with Crippen molar-refractivity contribution in [2.45, 2.75) is 13.3 Å². The van der Waals surface area contributed by atoms with E-state index in [4.69, 9.17) is 0 Å². The van der Waals surface area contributed by atoms with Gasteiger partial charge in [0, 0.05) is 16.5 Å². The van der Waals surface area contributed by atoms with E-state index in [-0.39, 0.29) is 0 Å². The summed E-state index contributed by atoms with van der Waals surface area (Å²) in [4.78, 5) is 0. The van der Waals surface area contributed by atoms with Gasteiger partial charge in [-0.3, -0.25) is 0 Å². The molecule has 0 aliphatic heterocycles. The zero-order valence-electron chi connectivity index (χ0n) is 19.9. The Morgan fingerprint density at radius 3 is 1.94 bits per heavy atom. The minimum absolute atomic E-state index is 0.799. The fourth-order valence-corrected chi connectivity index (χ4v) is 5.25. The third-order valence-corrected chi connectivity index (χ3v) is 6.91. The van der Waals surface area contributed by atoms with Crippen molar-refractivity contribution in [1.29, 1.82) is 0 Å². The Bertz CT molecular complexity index is 1650. The van der Waals surface area contributed by atoms with Crippen LogP contribution in [0, 0.1) is 6.92 Å². The van der Waals surface area contributed by atoms with Crippen LogP contribution in [-0.4, -0.2) is 4.57 Å². The molecule has 5 aromatic carbocycles. The van der Waals surface area contributed by atoms with Crippen LogP contribution < -0.4 is 0 Å². The molecule has 0 bridgehead atoms. The van der Waals surface area contributed by atoms with Gasteiger partial charge in [0.25, 0.3) is 0 Å². The van der Waals surface area contributed by atoms with Crippen LogP contribution in [-0.2, 0) is 6.42 Å². The van der Waals surface area contributed by atoms with E-state index >= 15 is 0 Å². The van der Waals surface area contributed by atoms with Crippen molar-refractivity contribution >= 4 is 27.4 Å². The number of fused-ring (bicyclic) bond motifs is 3. The zero-order chi connectivity index (χ0) is 23.8. The van der Waals surface area contributed by atoms with Crippen molar-refractivity contribution in [3.63, 3.8) is 0 Å². The van der Waals surface area contributed by atoms with E-state index in [1.54, 1.807) is 0 Å². The third kappa shape index (κ3) is 3.76. The molecule has 1 heterocycles. The average Bonchev–Trinajstić information content (AvgIpc) is 3.24. The number of para-hydroxylation sites is 2. The van der Waals surface area contributed by atoms with Crippen molar-refractivity contribution in [1.82, 2.24) is 4.57 Å². The van der Waals surface area contributed by atoms with Gasteiger partial charge in [-0.15, -0.1) is 0 Å². The second kappa shape index (κ2) is 8.77. The molecule has 0 spiro atoms. The molecule has 0 fully saturated rings. The molecule has 0 N–H and O–H groups in total. The lowest BCUT2D eigenvalue weighted by Gasteiger charge is -2.15. The Kier molecular flexibility index (Phi) is 5.31. The molecule has 6 rings (SSSR count). The Labute approximate surface area is 206 Å². The van der Waals surface area contributed by atoms with Gasteiger partial charge in [-0.2, -0.15) is 0 Å². The molecule has 0 saturated heterocycles. The number of hydrogen-bond donors (Lipinski definition) is 0. The largest absolute Gasteiger partial charge is 0.309 e. The van der Waals surface area contributed by atoms with Crippen LogP contribution in [0.3, 0.4) is 0 Å². The molecule has 0 unspecified atom stereocenters. The fraction of sp³-hybridized carbons (Fsp3) is 0.0588. The molecule has 0 amide bonds. The Morgan fingerprint density at radius 2 is 1.23 bits per heavy atom. The van der Waals surface area contributed by atoms with E-state index in [0.717, 1.165) is 12.0 Å². The first-order valence-corrected chi connectivity index (χ1v) is 12.1. The molecule has 1 aromatic heterocycles. The van der Waals surface area contributed by atoms with Crippen LogP contribution in [0.1, 0.15) is 16.7 Å². The lowest BCUT2D eigenvalue weighted by Crippen LogP contribution is -1.97. The molecular weight excluding hydrogens is 422 g/mol. The van der Waals surface area contributed by atoms with Crippen LogP contribution in [0.5, 0.6) is 0 Å². The summed E-state index contributed by atoms with van der Waals surface area (Å²) in [6.45, 7) is 6.69. The van der Waals surface area contributed by atoms with Crippen molar-refractivity contribution < 1.29 is 0 Å². The van der Waals surface area contributed by atoms with Crippen molar-refractivity contribution in [3.8, 4) is 16.8 Å². The molecule has 168 valence electrons. The Balaban J connectivity index is 1.40. The topological polar surface area (TPSA) is 4.93 Å². The standard InChI is InChI=1S/C34H27N/c1-24-12-3-4-15-28(24)30-17-6-5-16-29(30)25(2)22-26-13-11-14-27(23-26)35-33-20-9-7-18-31(33)32-19-8-10-21-34(32)35/h3-21,23H,2,22H2,1H3. The maximum absolute atomic E-state index is 4.52. The predicted octanol–water partition coefficient (Wildman–Crippen LogP) is 9.02. The van der Waals surface area contributed by atoms with E-state index < -0.39 is 0 Å². The third-order valence-electron chi connectivity index (χ3n) is 6.91. The SMILES string of the molecule is C=C(Cc1cccc(-n2c3ccccc3c3ccccc32)c1)c1ccccc1-c1ccccc1C. The average molecular weight is 450 g/mol. The van der Waals surface area contributed by atoms with Crippen molar-refractivity contribution in [2.24, 2.45) is 0 Å². The van der Waals surface area contributed by atoms with E-state index in [2.05, 4.69) is 139 Å². The maximum Gasteiger partial charge on any atom is 0.0541 e. The summed E-state index contributed by atoms with van der Waals surface area (Å²) in [5, 5.41) is 2.56. The lowest BCUT2D eigenvalue weighted by atomic mass is 9.90. The monoisotopic (exact) mass is 449 g/mol. The van der Waals surface area contributed by atoms with Crippen molar-refractivity contribution in [2.75, 3.05) is 0 Å². The van der Waals surface area contributed by atoms with Crippen LogP contribution >= 0.6 is 0 Å². The van der Waals surface area contributed by atoms with Gasteiger partial charge in [0.15, 0.2) is 0 Å². The molecular formula is C34H27N. The van der Waals surface area contributed by atoms with Gasteiger partial charge < -0.3 is 4.57 Å². The van der Waals surface area contributed by atoms with Gasteiger partial charge >= 0.3 is 0 Å². The molecule has 6 aromatic rings. The van der Waals surface area contributed by atoms with Gasteiger partial charge in [-0.05, 0) is 71.0 Å². The zero-order valence-corrected chi connectivity index (χ0v) is 19.9. The van der Waals surface area contributed by atoms with Crippen LogP contribution in [0.25, 0.3) is 44.2 Å². The highest BCUT2D eigenvalue weighted by molar-refractivity contribution is 6.09. The van der Waals surface area contributed by atoms with Crippen molar-refractivity contribution in [3.05, 3.63) is 145 Å². The number of allylic oxidation sites excluding steroid dienone is 1. The van der Waals surface area contributed by atoms with Gasteiger partial charge in [-0.25, -0.2) is 0 Å². The van der Waals surface area contributed by atoms with E-state index in [0.29, 0.717) is 0 Å². The van der Waals surface area contributed by atoms with Gasteiger partial charge in [0.05, 0.1) is 11.0 Å². The number of hydrogen-bond acceptors (Lipinski definition) is 0. The summed E-state index contributed by atoms with van der Waals surface area (Å²) in [7, 11) is 0. The number of aryl methyl sites for hydroxylation is 1. The highest BCUT2D eigenvalue weighted by atomic mass is 15.0. The van der Waals surface area contributed by atoms with E-state index in [1.165, 1.54) is 55.3 Å². The van der Waals surface area contributed by atoms with Gasteiger partial charge in [-0.1, -0.05) is 104 Å². The molecule has 1 heteroatoms. The quantitative estimate of drug-likeness (QED) is 0.247. The molecule has 0 radical (unpaired) electrons. The summed E-state index contributed by atoms with van der Waals surface area (Å²) in [6.07, 6.45) is 0.799. The second-order valence-corrected chi connectivity index (χ2v) is 9.18. The van der Waals surface area contributed by atoms with E-state index in [1.807, 2.05) is 0 Å².